The number of aliphatic hydroxyl groups excluding tert-OH is 2. The molecule has 4 heterocycles. The zero-order valence-corrected chi connectivity index (χ0v) is 56.2. The molecule has 0 bridgehead atoms. The number of aliphatic imine (C=N–C) groups is 2. The van der Waals surface area contributed by atoms with Crippen molar-refractivity contribution < 1.29 is 75.2 Å². The van der Waals surface area contributed by atoms with Crippen LogP contribution < -0.4 is 38.7 Å². The number of carbonyl (C=O) groups is 5. The van der Waals surface area contributed by atoms with Gasteiger partial charge in [0.2, 0.25) is 0 Å². The second kappa shape index (κ2) is 33.7. The molecule has 0 aromatic heterocycles. The lowest BCUT2D eigenvalue weighted by Gasteiger charge is -2.22. The van der Waals surface area contributed by atoms with Crippen molar-refractivity contribution in [3.63, 3.8) is 0 Å². The molecule has 11 rings (SSSR count). The summed E-state index contributed by atoms with van der Waals surface area (Å²) in [6.45, 7) is 4.29. The number of amides is 2. The van der Waals surface area contributed by atoms with Gasteiger partial charge in [-0.15, -0.1) is 0 Å². The van der Waals surface area contributed by atoms with E-state index in [1.165, 1.54) is 21.3 Å². The number of para-hydroxylation sites is 2. The molecule has 4 aliphatic rings. The van der Waals surface area contributed by atoms with Crippen molar-refractivity contribution in [2.24, 2.45) is 9.98 Å². The first kappa shape index (κ1) is 75.2. The van der Waals surface area contributed by atoms with Crippen molar-refractivity contribution in [2.75, 3.05) is 100.0 Å². The summed E-state index contributed by atoms with van der Waals surface area (Å²) in [4.78, 5) is 80.9. The second-order valence-corrected chi connectivity index (χ2v) is 25.0. The van der Waals surface area contributed by atoms with E-state index >= 15 is 0 Å². The molecule has 0 saturated carbocycles. The highest BCUT2D eigenvalue weighted by Gasteiger charge is 2.38. The molecule has 520 valence electrons. The predicted octanol–water partition coefficient (Wildman–Crippen LogP) is 10.2. The standard InChI is InChI=1S/C46H41N5O7.C14H21NO5S.C12H17NO4.2CH4/c1-27-13-35-37(47-22-33-17-30-9-5-7-11-39(30)50(33)45(35)53)20-41(27)57-25-28-14-29(16-32(15-28)49(2)24-44(52)56-4)26-58-43-21-38-36(19-42(43)55-3)46(54)51-34(23-48-38)18-31-10-6-8-12-40(31)51;1-5-11-6-12(10-20-21(4,17)18)8-13(7-11)15(2)9-14(16)19-3;1-13(6-12(16)17-2)11-4-9(7-14)3-10(5-11)8-15;;/h5-16,19-23,33-34H,17-18,24-26H2,1-4H3;6-8H,5,9-10H2,1-4H3;3-5,14-15H,6-8H2,1-2H3;2*1H4/t33-,34-;;;;/m0..../s1. The van der Waals surface area contributed by atoms with Crippen molar-refractivity contribution in [3.05, 3.63) is 189 Å². The zero-order chi connectivity index (χ0) is 69.0. The Bertz CT molecular complexity index is 4210. The lowest BCUT2D eigenvalue weighted by molar-refractivity contribution is -0.139. The van der Waals surface area contributed by atoms with Crippen LogP contribution in [0.15, 0.2) is 137 Å². The molecule has 7 aromatic rings. The number of likely N-dealkylation sites (N-methyl/N-ethyl adjacent to an activating group) is 3. The number of hydrogen-bond acceptors (Lipinski definition) is 21. The van der Waals surface area contributed by atoms with E-state index in [1.54, 1.807) is 77.2 Å². The number of benzene rings is 7. The number of rotatable bonds is 22. The number of hydrogen-bond donors (Lipinski definition) is 2. The van der Waals surface area contributed by atoms with E-state index in [0.29, 0.717) is 57.3 Å². The van der Waals surface area contributed by atoms with Gasteiger partial charge in [0.1, 0.15) is 38.6 Å². The number of aliphatic hydroxyl groups is 2. The van der Waals surface area contributed by atoms with Crippen LogP contribution in [0, 0.1) is 6.92 Å². The molecule has 0 fully saturated rings. The Kier molecular flexibility index (Phi) is 25.9. The molecule has 0 saturated heterocycles. The highest BCUT2D eigenvalue weighted by Crippen LogP contribution is 2.43. The third-order valence-electron chi connectivity index (χ3n) is 16.5. The number of carbonyl (C=O) groups excluding carboxylic acids is 5. The van der Waals surface area contributed by atoms with Gasteiger partial charge >= 0.3 is 17.9 Å². The zero-order valence-electron chi connectivity index (χ0n) is 55.4. The molecule has 0 unspecified atom stereocenters. The Morgan fingerprint density at radius 1 is 0.531 bits per heavy atom. The minimum absolute atomic E-state index is 0. The Labute approximate surface area is 573 Å². The molecule has 24 heteroatoms. The summed E-state index contributed by atoms with van der Waals surface area (Å²) in [5.74, 6) is 0.146. The number of nitrogens with zero attached hydrogens (tertiary/aromatic N) is 7. The van der Waals surface area contributed by atoms with E-state index in [4.69, 9.17) is 43.3 Å². The van der Waals surface area contributed by atoms with Crippen LogP contribution in [-0.2, 0) is 95.2 Å². The van der Waals surface area contributed by atoms with E-state index in [9.17, 15) is 32.4 Å². The Balaban J connectivity index is 0.000000277. The number of aryl methyl sites for hydroxylation is 2. The lowest BCUT2D eigenvalue weighted by Crippen LogP contribution is -2.37. The fourth-order valence-corrected chi connectivity index (χ4v) is 11.8. The van der Waals surface area contributed by atoms with Gasteiger partial charge in [0.25, 0.3) is 21.9 Å². The van der Waals surface area contributed by atoms with Crippen LogP contribution in [0.3, 0.4) is 0 Å². The van der Waals surface area contributed by atoms with Gasteiger partial charge in [-0.05, 0) is 130 Å². The molecule has 4 aliphatic heterocycles. The topological polar surface area (TPSA) is 265 Å². The van der Waals surface area contributed by atoms with Gasteiger partial charge in [0.05, 0.1) is 89.1 Å². The maximum Gasteiger partial charge on any atom is 0.325 e. The van der Waals surface area contributed by atoms with Crippen LogP contribution >= 0.6 is 0 Å². The van der Waals surface area contributed by atoms with Gasteiger partial charge in [-0.1, -0.05) is 70.3 Å². The van der Waals surface area contributed by atoms with Gasteiger partial charge in [0.15, 0.2) is 11.5 Å². The molecule has 2 atom stereocenters. The first-order valence-electron chi connectivity index (χ1n) is 30.9. The molecule has 0 spiro atoms. The Hall–Kier alpha value is -10.1. The lowest BCUT2D eigenvalue weighted by atomic mass is 10.1. The van der Waals surface area contributed by atoms with Crippen LogP contribution in [-0.4, -0.2) is 148 Å². The average molecular weight is 1360 g/mol. The SMILES string of the molecule is C.C.CCc1cc(COS(C)(=O)=O)cc(N(C)CC(=O)OC)c1.COC(=O)CN(C)c1cc(CO)cc(CO)c1.COC(=O)CN(C)c1cc(COc2cc3c(cc2C)C(=O)N2c4ccccc4C[C@H]2C=N3)cc(COc2cc3c(cc2OC)C(=O)N2c4ccccc4C[C@H]2C=N3)c1. The summed E-state index contributed by atoms with van der Waals surface area (Å²) in [5.41, 5.74) is 14.0. The Morgan fingerprint density at radius 3 is 1.35 bits per heavy atom. The largest absolute Gasteiger partial charge is 0.493 e. The maximum atomic E-state index is 13.9. The summed E-state index contributed by atoms with van der Waals surface area (Å²) in [7, 11) is 7.41. The van der Waals surface area contributed by atoms with E-state index in [2.05, 4.69) is 15.5 Å². The van der Waals surface area contributed by atoms with Crippen molar-refractivity contribution in [1.29, 1.82) is 0 Å². The second-order valence-electron chi connectivity index (χ2n) is 23.4. The van der Waals surface area contributed by atoms with Crippen molar-refractivity contribution in [3.8, 4) is 17.2 Å². The van der Waals surface area contributed by atoms with Gasteiger partial charge in [-0.25, -0.2) is 0 Å². The first-order valence-corrected chi connectivity index (χ1v) is 32.7. The molecule has 0 aliphatic carbocycles. The third-order valence-corrected chi connectivity index (χ3v) is 17.0. The number of anilines is 5. The summed E-state index contributed by atoms with van der Waals surface area (Å²) in [6, 6.07) is 39.4. The minimum Gasteiger partial charge on any atom is -0.493 e. The molecular weight excluding hydrogens is 1270 g/mol. The number of methoxy groups -OCH3 is 4. The number of fused-ring (bicyclic) bond motifs is 8. The predicted molar refractivity (Wildman–Crippen MR) is 380 cm³/mol. The van der Waals surface area contributed by atoms with Gasteiger partial charge in [-0.3, -0.25) is 47.9 Å². The molecule has 98 heavy (non-hydrogen) atoms. The molecule has 7 aromatic carbocycles. The van der Waals surface area contributed by atoms with Gasteiger partial charge in [0, 0.05) is 87.0 Å². The highest BCUT2D eigenvalue weighted by atomic mass is 32.2. The van der Waals surface area contributed by atoms with Crippen LogP contribution in [0.2, 0.25) is 0 Å². The van der Waals surface area contributed by atoms with Gasteiger partial charge < -0.3 is 53.3 Å². The quantitative estimate of drug-likeness (QED) is 0.0363. The summed E-state index contributed by atoms with van der Waals surface area (Å²) in [6.07, 6.45) is 6.90. The molecule has 23 nitrogen and oxygen atoms in total. The number of esters is 3. The van der Waals surface area contributed by atoms with Crippen LogP contribution in [0.1, 0.15) is 92.6 Å². The fourth-order valence-electron chi connectivity index (χ4n) is 11.5. The van der Waals surface area contributed by atoms with E-state index < -0.39 is 10.1 Å². The summed E-state index contributed by atoms with van der Waals surface area (Å²) in [5, 5.41) is 18.2. The highest BCUT2D eigenvalue weighted by molar-refractivity contribution is 7.85. The minimum atomic E-state index is -3.49. The van der Waals surface area contributed by atoms with E-state index in [1.807, 2.05) is 123 Å². The Morgan fingerprint density at radius 2 is 0.918 bits per heavy atom. The average Bonchev–Trinajstić information content (AvgIpc) is 1.62. The van der Waals surface area contributed by atoms with Crippen LogP contribution in [0.25, 0.3) is 0 Å². The van der Waals surface area contributed by atoms with Crippen molar-refractivity contribution in [1.82, 2.24) is 0 Å². The van der Waals surface area contributed by atoms with Crippen LogP contribution in [0.5, 0.6) is 17.2 Å². The van der Waals surface area contributed by atoms with E-state index in [-0.39, 0.29) is 109 Å². The number of ether oxygens (including phenoxy) is 6. The normalized spacial score (nSPS) is 14.2. The molecule has 0 radical (unpaired) electrons. The van der Waals surface area contributed by atoms with Gasteiger partial charge in [-0.2, -0.15) is 8.42 Å². The van der Waals surface area contributed by atoms with Crippen LogP contribution in [0.4, 0.5) is 39.8 Å². The van der Waals surface area contributed by atoms with E-state index in [0.717, 1.165) is 86.5 Å². The van der Waals surface area contributed by atoms with Crippen molar-refractivity contribution >= 4 is 92.1 Å². The summed E-state index contributed by atoms with van der Waals surface area (Å²) >= 11 is 0. The maximum absolute atomic E-state index is 13.9. The molecule has 2 N–H and O–H groups in total. The smallest absolute Gasteiger partial charge is 0.325 e. The monoisotopic (exact) mass is 1360 g/mol. The fraction of sp³-hybridized carbons (Fsp3) is 0.338. The third kappa shape index (κ3) is 18.3. The first-order chi connectivity index (χ1) is 46.0. The van der Waals surface area contributed by atoms with Crippen molar-refractivity contribution in [2.45, 2.75) is 93.1 Å². The molecule has 2 amide bonds. The molecular formula is C74H87N7O16S. The summed E-state index contributed by atoms with van der Waals surface area (Å²) < 4.78 is 59.7.